The van der Waals surface area contributed by atoms with E-state index < -0.39 is 41.5 Å². The average Bonchev–Trinajstić information content (AvgIpc) is 2.36. The van der Waals surface area contributed by atoms with Crippen LogP contribution in [0, 0.1) is 11.6 Å². The maximum Gasteiger partial charge on any atom is 0.406 e. The molecule has 2 N–H and O–H groups in total. The lowest BCUT2D eigenvalue weighted by Crippen LogP contribution is -2.40. The third kappa shape index (κ3) is 4.87. The van der Waals surface area contributed by atoms with Crippen LogP contribution in [0.2, 0.25) is 0 Å². The standard InChI is InChI=1S/C13H15F5N2O/c1-2-3-4-20(7-13(16,17)18)12(21)9-5-8(14)6-10(19)11(9)15/h5-6H,2-4,7,19H2,1H3. The van der Waals surface area contributed by atoms with Gasteiger partial charge in [-0.05, 0) is 18.6 Å². The van der Waals surface area contributed by atoms with Crippen LogP contribution in [0.5, 0.6) is 0 Å². The molecule has 0 bridgehead atoms. The van der Waals surface area contributed by atoms with Gasteiger partial charge < -0.3 is 10.6 Å². The van der Waals surface area contributed by atoms with E-state index in [2.05, 4.69) is 0 Å². The summed E-state index contributed by atoms with van der Waals surface area (Å²) in [5, 5.41) is 0. The predicted octanol–water partition coefficient (Wildman–Crippen LogP) is 3.35. The fourth-order valence-electron chi connectivity index (χ4n) is 1.75. The van der Waals surface area contributed by atoms with Crippen molar-refractivity contribution in [1.29, 1.82) is 0 Å². The number of benzene rings is 1. The molecule has 8 heteroatoms. The molecule has 0 aliphatic heterocycles. The molecule has 1 aromatic carbocycles. The minimum Gasteiger partial charge on any atom is -0.396 e. The molecule has 0 aliphatic rings. The minimum absolute atomic E-state index is 0.204. The van der Waals surface area contributed by atoms with Crippen LogP contribution in [0.15, 0.2) is 12.1 Å². The van der Waals surface area contributed by atoms with E-state index >= 15 is 0 Å². The van der Waals surface area contributed by atoms with Crippen LogP contribution < -0.4 is 5.73 Å². The Labute approximate surface area is 118 Å². The number of nitrogens with zero attached hydrogens (tertiary/aromatic N) is 1. The maximum atomic E-state index is 13.7. The summed E-state index contributed by atoms with van der Waals surface area (Å²) >= 11 is 0. The van der Waals surface area contributed by atoms with Crippen molar-refractivity contribution < 1.29 is 26.7 Å². The van der Waals surface area contributed by atoms with E-state index in [-0.39, 0.29) is 6.54 Å². The van der Waals surface area contributed by atoms with Crippen molar-refractivity contribution in [2.45, 2.75) is 25.9 Å². The number of halogens is 5. The van der Waals surface area contributed by atoms with E-state index in [9.17, 15) is 26.7 Å². The number of nitrogen functional groups attached to an aromatic ring is 1. The Morgan fingerprint density at radius 2 is 1.90 bits per heavy atom. The van der Waals surface area contributed by atoms with Crippen LogP contribution in [-0.4, -0.2) is 30.1 Å². The number of rotatable bonds is 5. The SMILES string of the molecule is CCCCN(CC(F)(F)F)C(=O)c1cc(F)cc(N)c1F. The second-order valence-corrected chi connectivity index (χ2v) is 4.55. The molecule has 0 aromatic heterocycles. The molecule has 0 fully saturated rings. The molecule has 1 rings (SSSR count). The second-order valence-electron chi connectivity index (χ2n) is 4.55. The highest BCUT2D eigenvalue weighted by Gasteiger charge is 2.34. The first-order valence-electron chi connectivity index (χ1n) is 6.26. The number of carbonyl (C=O) groups is 1. The Morgan fingerprint density at radius 3 is 2.43 bits per heavy atom. The van der Waals surface area contributed by atoms with E-state index in [4.69, 9.17) is 5.73 Å². The summed E-state index contributed by atoms with van der Waals surface area (Å²) < 4.78 is 64.4. The van der Waals surface area contributed by atoms with E-state index in [1.54, 1.807) is 6.92 Å². The first-order valence-corrected chi connectivity index (χ1v) is 6.26. The fourth-order valence-corrected chi connectivity index (χ4v) is 1.75. The molecule has 0 saturated carbocycles. The summed E-state index contributed by atoms with van der Waals surface area (Å²) in [6.45, 7) is 0.00337. The summed E-state index contributed by atoms with van der Waals surface area (Å²) in [6.07, 6.45) is -3.76. The van der Waals surface area contributed by atoms with Gasteiger partial charge in [0.1, 0.15) is 12.4 Å². The molecule has 21 heavy (non-hydrogen) atoms. The Morgan fingerprint density at radius 1 is 1.29 bits per heavy atom. The van der Waals surface area contributed by atoms with Gasteiger partial charge in [0.2, 0.25) is 0 Å². The van der Waals surface area contributed by atoms with Crippen molar-refractivity contribution in [2.75, 3.05) is 18.8 Å². The monoisotopic (exact) mass is 310 g/mol. The molecule has 0 radical (unpaired) electrons. The Kier molecular flexibility index (Phi) is 5.51. The maximum absolute atomic E-state index is 13.7. The molecule has 1 aromatic rings. The van der Waals surface area contributed by atoms with E-state index in [1.807, 2.05) is 0 Å². The molecule has 0 spiro atoms. The normalized spacial score (nSPS) is 11.5. The smallest absolute Gasteiger partial charge is 0.396 e. The van der Waals surface area contributed by atoms with Gasteiger partial charge in [0.15, 0.2) is 5.82 Å². The highest BCUT2D eigenvalue weighted by atomic mass is 19.4. The van der Waals surface area contributed by atoms with Crippen LogP contribution in [0.3, 0.4) is 0 Å². The van der Waals surface area contributed by atoms with E-state index in [1.165, 1.54) is 0 Å². The summed E-state index contributed by atoms with van der Waals surface area (Å²) in [5.74, 6) is -3.44. The van der Waals surface area contributed by atoms with Crippen molar-refractivity contribution in [2.24, 2.45) is 0 Å². The highest BCUT2D eigenvalue weighted by molar-refractivity contribution is 5.95. The van der Waals surface area contributed by atoms with Gasteiger partial charge in [0, 0.05) is 6.54 Å². The van der Waals surface area contributed by atoms with Gasteiger partial charge in [-0.2, -0.15) is 13.2 Å². The Balaban J connectivity index is 3.10. The lowest BCUT2D eigenvalue weighted by Gasteiger charge is -2.24. The Bertz CT molecular complexity index is 516. The van der Waals surface area contributed by atoms with Gasteiger partial charge in [-0.1, -0.05) is 13.3 Å². The molecule has 0 heterocycles. The molecule has 3 nitrogen and oxygen atoms in total. The van der Waals surface area contributed by atoms with E-state index in [0.29, 0.717) is 29.9 Å². The molecule has 1 amide bonds. The number of carbonyl (C=O) groups excluding carboxylic acids is 1. The zero-order valence-electron chi connectivity index (χ0n) is 11.3. The number of anilines is 1. The fraction of sp³-hybridized carbons (Fsp3) is 0.462. The summed E-state index contributed by atoms with van der Waals surface area (Å²) in [7, 11) is 0. The van der Waals surface area contributed by atoms with Crippen molar-refractivity contribution in [3.8, 4) is 0 Å². The van der Waals surface area contributed by atoms with Gasteiger partial charge in [0.05, 0.1) is 11.3 Å². The van der Waals surface area contributed by atoms with Crippen LogP contribution in [0.25, 0.3) is 0 Å². The van der Waals surface area contributed by atoms with Gasteiger partial charge >= 0.3 is 6.18 Å². The predicted molar refractivity (Wildman–Crippen MR) is 67.6 cm³/mol. The zero-order chi connectivity index (χ0) is 16.2. The summed E-state index contributed by atoms with van der Waals surface area (Å²) in [4.78, 5) is 12.5. The van der Waals surface area contributed by atoms with Crippen molar-refractivity contribution in [1.82, 2.24) is 4.90 Å². The van der Waals surface area contributed by atoms with Gasteiger partial charge in [-0.15, -0.1) is 0 Å². The third-order valence-corrected chi connectivity index (χ3v) is 2.73. The number of nitrogens with two attached hydrogens (primary N) is 1. The third-order valence-electron chi connectivity index (χ3n) is 2.73. The van der Waals surface area contributed by atoms with Crippen LogP contribution >= 0.6 is 0 Å². The van der Waals surface area contributed by atoms with Crippen molar-refractivity contribution in [3.63, 3.8) is 0 Å². The number of hydrogen-bond acceptors (Lipinski definition) is 2. The van der Waals surface area contributed by atoms with Gasteiger partial charge in [0.25, 0.3) is 5.91 Å². The van der Waals surface area contributed by atoms with Crippen LogP contribution in [0.1, 0.15) is 30.1 Å². The van der Waals surface area contributed by atoms with Crippen molar-refractivity contribution in [3.05, 3.63) is 29.3 Å². The largest absolute Gasteiger partial charge is 0.406 e. The quantitative estimate of drug-likeness (QED) is 0.669. The topological polar surface area (TPSA) is 46.3 Å². The van der Waals surface area contributed by atoms with E-state index in [0.717, 1.165) is 0 Å². The molecule has 0 unspecified atom stereocenters. The summed E-state index contributed by atoms with van der Waals surface area (Å²) in [5.41, 5.74) is 3.76. The van der Waals surface area contributed by atoms with Gasteiger partial charge in [-0.25, -0.2) is 8.78 Å². The first kappa shape index (κ1) is 17.2. The molecule has 0 saturated heterocycles. The summed E-state index contributed by atoms with van der Waals surface area (Å²) in [6, 6.07) is 1.20. The molecular weight excluding hydrogens is 295 g/mol. The first-order chi connectivity index (χ1) is 9.65. The van der Waals surface area contributed by atoms with Crippen LogP contribution in [-0.2, 0) is 0 Å². The van der Waals surface area contributed by atoms with Crippen molar-refractivity contribution >= 4 is 11.6 Å². The molecule has 0 aliphatic carbocycles. The number of hydrogen-bond donors (Lipinski definition) is 1. The lowest BCUT2D eigenvalue weighted by atomic mass is 10.1. The lowest BCUT2D eigenvalue weighted by molar-refractivity contribution is -0.140. The molecule has 0 atom stereocenters. The second kappa shape index (κ2) is 6.73. The molecule has 118 valence electrons. The number of amides is 1. The number of unbranched alkanes of at least 4 members (excludes halogenated alkanes) is 1. The zero-order valence-corrected chi connectivity index (χ0v) is 11.3. The average molecular weight is 310 g/mol. The molecular formula is C13H15F5N2O. The number of alkyl halides is 3. The van der Waals surface area contributed by atoms with Crippen LogP contribution in [0.4, 0.5) is 27.6 Å². The highest BCUT2D eigenvalue weighted by Crippen LogP contribution is 2.22. The Hall–Kier alpha value is -1.86. The van der Waals surface area contributed by atoms with Gasteiger partial charge in [-0.3, -0.25) is 4.79 Å². The minimum atomic E-state index is -4.63.